The Morgan fingerprint density at radius 1 is 1.21 bits per heavy atom. The molecule has 2 N–H and O–H groups in total. The van der Waals surface area contributed by atoms with Crippen molar-refractivity contribution in [3.8, 4) is 0 Å². The Balaban J connectivity index is 2.18. The van der Waals surface area contributed by atoms with Gasteiger partial charge >= 0.3 is 5.97 Å². The van der Waals surface area contributed by atoms with Crippen LogP contribution in [0.15, 0.2) is 39.2 Å². The summed E-state index contributed by atoms with van der Waals surface area (Å²) in [5.74, 6) is -2.04. The molecule has 0 aliphatic rings. The number of anilines is 1. The Labute approximate surface area is 117 Å². The van der Waals surface area contributed by atoms with Crippen LogP contribution >= 0.6 is 15.9 Å². The molecule has 1 amide bonds. The van der Waals surface area contributed by atoms with E-state index < -0.39 is 11.9 Å². The van der Waals surface area contributed by atoms with Gasteiger partial charge in [-0.3, -0.25) is 4.79 Å². The zero-order valence-corrected chi connectivity index (χ0v) is 11.5. The second kappa shape index (κ2) is 5.27. The highest BCUT2D eigenvalue weighted by atomic mass is 79.9. The third kappa shape index (κ3) is 3.03. The number of carboxylic acid groups (broad SMARTS) is 1. The molecule has 0 radical (unpaired) electrons. The fourth-order valence-electron chi connectivity index (χ4n) is 1.48. The highest BCUT2D eigenvalue weighted by Crippen LogP contribution is 2.24. The number of aryl methyl sites for hydroxylation is 1. The van der Waals surface area contributed by atoms with E-state index in [1.807, 2.05) is 19.1 Å². The van der Waals surface area contributed by atoms with Gasteiger partial charge in [0.2, 0.25) is 5.76 Å². The Morgan fingerprint density at radius 2 is 1.89 bits per heavy atom. The number of amides is 1. The number of furan rings is 1. The number of hydrogen-bond donors (Lipinski definition) is 2. The maximum Gasteiger partial charge on any atom is 0.371 e. The van der Waals surface area contributed by atoms with Gasteiger partial charge in [-0.15, -0.1) is 0 Å². The zero-order chi connectivity index (χ0) is 14.0. The Bertz CT molecular complexity index is 648. The van der Waals surface area contributed by atoms with Crippen molar-refractivity contribution >= 4 is 33.5 Å². The van der Waals surface area contributed by atoms with Crippen molar-refractivity contribution in [3.05, 3.63) is 51.9 Å². The topological polar surface area (TPSA) is 79.5 Å². The van der Waals surface area contributed by atoms with Gasteiger partial charge < -0.3 is 14.8 Å². The van der Waals surface area contributed by atoms with E-state index in [-0.39, 0.29) is 11.5 Å². The van der Waals surface area contributed by atoms with Gasteiger partial charge in [0.05, 0.1) is 5.69 Å². The molecule has 0 spiro atoms. The predicted molar refractivity (Wildman–Crippen MR) is 72.5 cm³/mol. The lowest BCUT2D eigenvalue weighted by molar-refractivity contribution is 0.0660. The summed E-state index contributed by atoms with van der Waals surface area (Å²) in [5.41, 5.74) is 1.64. The van der Waals surface area contributed by atoms with Crippen LogP contribution in [0, 0.1) is 6.92 Å². The number of aromatic carboxylic acids is 1. The van der Waals surface area contributed by atoms with Gasteiger partial charge in [0, 0.05) is 4.47 Å². The molecule has 19 heavy (non-hydrogen) atoms. The van der Waals surface area contributed by atoms with Crippen molar-refractivity contribution in [2.24, 2.45) is 0 Å². The molecule has 0 saturated heterocycles. The normalized spacial score (nSPS) is 10.2. The average Bonchev–Trinajstić information content (AvgIpc) is 2.82. The lowest BCUT2D eigenvalue weighted by atomic mass is 10.2. The SMILES string of the molecule is Cc1ccc(NC(=O)c2ccc(C(=O)O)o2)c(Br)c1. The molecule has 0 aliphatic heterocycles. The first-order valence-electron chi connectivity index (χ1n) is 5.38. The molecule has 2 rings (SSSR count). The molecule has 0 fully saturated rings. The van der Waals surface area contributed by atoms with Crippen LogP contribution in [0.3, 0.4) is 0 Å². The summed E-state index contributed by atoms with van der Waals surface area (Å²) < 4.78 is 5.66. The molecule has 98 valence electrons. The van der Waals surface area contributed by atoms with E-state index >= 15 is 0 Å². The summed E-state index contributed by atoms with van der Waals surface area (Å²) in [7, 11) is 0. The quantitative estimate of drug-likeness (QED) is 0.908. The third-order valence-electron chi connectivity index (χ3n) is 2.41. The predicted octanol–water partition coefficient (Wildman–Crippen LogP) is 3.30. The fourth-order valence-corrected chi connectivity index (χ4v) is 2.07. The second-order valence-corrected chi connectivity index (χ2v) is 4.76. The van der Waals surface area contributed by atoms with Gasteiger partial charge in [0.1, 0.15) is 0 Å². The molecule has 5 nitrogen and oxygen atoms in total. The summed E-state index contributed by atoms with van der Waals surface area (Å²) >= 11 is 3.34. The minimum Gasteiger partial charge on any atom is -0.475 e. The molecule has 1 heterocycles. The van der Waals surface area contributed by atoms with Crippen LogP contribution in [0.1, 0.15) is 26.7 Å². The van der Waals surface area contributed by atoms with E-state index in [9.17, 15) is 9.59 Å². The van der Waals surface area contributed by atoms with Crippen LogP contribution in [-0.2, 0) is 0 Å². The lowest BCUT2D eigenvalue weighted by Gasteiger charge is -2.06. The van der Waals surface area contributed by atoms with Crippen LogP contribution in [0.25, 0.3) is 0 Å². The number of rotatable bonds is 3. The number of carboxylic acids is 1. The number of carbonyl (C=O) groups excluding carboxylic acids is 1. The third-order valence-corrected chi connectivity index (χ3v) is 3.07. The summed E-state index contributed by atoms with van der Waals surface area (Å²) in [6, 6.07) is 8.02. The van der Waals surface area contributed by atoms with Crippen molar-refractivity contribution in [2.45, 2.75) is 6.92 Å². The number of hydrogen-bond acceptors (Lipinski definition) is 3. The van der Waals surface area contributed by atoms with Crippen LogP contribution in [-0.4, -0.2) is 17.0 Å². The van der Waals surface area contributed by atoms with Gasteiger partial charge in [0.15, 0.2) is 5.76 Å². The van der Waals surface area contributed by atoms with Crippen molar-refractivity contribution < 1.29 is 19.1 Å². The highest BCUT2D eigenvalue weighted by molar-refractivity contribution is 9.10. The van der Waals surface area contributed by atoms with E-state index in [1.165, 1.54) is 12.1 Å². The van der Waals surface area contributed by atoms with Crippen LogP contribution < -0.4 is 5.32 Å². The summed E-state index contributed by atoms with van der Waals surface area (Å²) in [5, 5.41) is 11.3. The summed E-state index contributed by atoms with van der Waals surface area (Å²) in [6.07, 6.45) is 0. The molecule has 0 unspecified atom stereocenters. The van der Waals surface area contributed by atoms with E-state index in [0.29, 0.717) is 5.69 Å². The first kappa shape index (κ1) is 13.4. The molecule has 1 aromatic heterocycles. The Kier molecular flexibility index (Phi) is 3.71. The fraction of sp³-hybridized carbons (Fsp3) is 0.0769. The smallest absolute Gasteiger partial charge is 0.371 e. The van der Waals surface area contributed by atoms with E-state index in [0.717, 1.165) is 10.0 Å². The molecule has 0 aliphatic carbocycles. The van der Waals surface area contributed by atoms with Gasteiger partial charge in [-0.25, -0.2) is 4.79 Å². The molecule has 0 atom stereocenters. The van der Waals surface area contributed by atoms with Crippen LogP contribution in [0.2, 0.25) is 0 Å². The second-order valence-electron chi connectivity index (χ2n) is 3.91. The Hall–Kier alpha value is -2.08. The van der Waals surface area contributed by atoms with Crippen molar-refractivity contribution in [2.75, 3.05) is 5.32 Å². The monoisotopic (exact) mass is 323 g/mol. The lowest BCUT2D eigenvalue weighted by Crippen LogP contribution is -2.11. The minimum atomic E-state index is -1.21. The largest absolute Gasteiger partial charge is 0.475 e. The number of benzene rings is 1. The van der Waals surface area contributed by atoms with Crippen molar-refractivity contribution in [1.82, 2.24) is 0 Å². The van der Waals surface area contributed by atoms with Gasteiger partial charge in [-0.1, -0.05) is 6.07 Å². The highest BCUT2D eigenvalue weighted by Gasteiger charge is 2.15. The summed E-state index contributed by atoms with van der Waals surface area (Å²) in [6.45, 7) is 1.93. The van der Waals surface area contributed by atoms with Crippen molar-refractivity contribution in [1.29, 1.82) is 0 Å². The molecule has 6 heteroatoms. The molecular weight excluding hydrogens is 314 g/mol. The molecule has 1 aromatic carbocycles. The van der Waals surface area contributed by atoms with Crippen LogP contribution in [0.4, 0.5) is 5.69 Å². The van der Waals surface area contributed by atoms with Gasteiger partial charge in [-0.05, 0) is 52.7 Å². The zero-order valence-electron chi connectivity index (χ0n) is 9.94. The van der Waals surface area contributed by atoms with Gasteiger partial charge in [0.25, 0.3) is 5.91 Å². The average molecular weight is 324 g/mol. The van der Waals surface area contributed by atoms with E-state index in [1.54, 1.807) is 6.07 Å². The maximum absolute atomic E-state index is 11.9. The maximum atomic E-state index is 11.9. The van der Waals surface area contributed by atoms with Crippen LogP contribution in [0.5, 0.6) is 0 Å². The molecular formula is C13H10BrNO4. The first-order valence-corrected chi connectivity index (χ1v) is 6.17. The van der Waals surface area contributed by atoms with E-state index in [4.69, 9.17) is 9.52 Å². The van der Waals surface area contributed by atoms with E-state index in [2.05, 4.69) is 21.2 Å². The van der Waals surface area contributed by atoms with Gasteiger partial charge in [-0.2, -0.15) is 0 Å². The number of carbonyl (C=O) groups is 2. The molecule has 0 bridgehead atoms. The molecule has 0 saturated carbocycles. The molecule has 2 aromatic rings. The minimum absolute atomic E-state index is 0.0510. The Morgan fingerprint density at radius 3 is 2.47 bits per heavy atom. The summed E-state index contributed by atoms with van der Waals surface area (Å²) in [4.78, 5) is 22.5. The number of halogens is 1. The van der Waals surface area contributed by atoms with Crippen molar-refractivity contribution in [3.63, 3.8) is 0 Å². The standard InChI is InChI=1S/C13H10BrNO4/c1-7-2-3-9(8(14)6-7)15-12(16)10-4-5-11(19-10)13(17)18/h2-6H,1H3,(H,15,16)(H,17,18). The number of nitrogens with one attached hydrogen (secondary N) is 1. The first-order chi connectivity index (χ1) is 8.97.